The van der Waals surface area contributed by atoms with Crippen LogP contribution in [0.5, 0.6) is 0 Å². The van der Waals surface area contributed by atoms with Crippen molar-refractivity contribution in [1.82, 2.24) is 0 Å². The number of azo groups is 1. The Hall–Kier alpha value is -2.32. The van der Waals surface area contributed by atoms with Crippen LogP contribution in [0.4, 0.5) is 0 Å². The molecule has 1 heterocycles. The summed E-state index contributed by atoms with van der Waals surface area (Å²) < 4.78 is 56.6. The van der Waals surface area contributed by atoms with Crippen molar-refractivity contribution in [3.05, 3.63) is 72.8 Å². The second kappa shape index (κ2) is 6.21. The van der Waals surface area contributed by atoms with Crippen molar-refractivity contribution in [1.29, 1.82) is 0 Å². The normalized spacial score (nSPS) is 42.1. The van der Waals surface area contributed by atoms with Crippen LogP contribution >= 0.6 is 0 Å². The Balaban J connectivity index is 1.48. The van der Waals surface area contributed by atoms with Crippen LogP contribution in [0.3, 0.4) is 0 Å². The number of hydrogen-bond donors (Lipinski definition) is 0. The van der Waals surface area contributed by atoms with Gasteiger partial charge in [0.15, 0.2) is 19.7 Å². The summed E-state index contributed by atoms with van der Waals surface area (Å²) in [6.07, 6.45) is 5.89. The molecule has 3 saturated carbocycles. The van der Waals surface area contributed by atoms with Crippen LogP contribution in [0.25, 0.3) is 0 Å². The quantitative estimate of drug-likeness (QED) is 0.624. The molecule has 0 aromatic heterocycles. The van der Waals surface area contributed by atoms with E-state index in [0.717, 1.165) is 6.42 Å². The minimum absolute atomic E-state index is 0.137. The van der Waals surface area contributed by atoms with Gasteiger partial charge in [0, 0.05) is 17.3 Å². The Morgan fingerprint density at radius 2 is 1.24 bits per heavy atom. The summed E-state index contributed by atoms with van der Waals surface area (Å²) in [5.74, 6) is -0.299. The highest BCUT2D eigenvalue weighted by molar-refractivity contribution is 7.96. The minimum Gasteiger partial charge on any atom is -0.223 e. The van der Waals surface area contributed by atoms with E-state index < -0.39 is 35.7 Å². The van der Waals surface area contributed by atoms with Gasteiger partial charge in [0.1, 0.15) is 5.54 Å². The lowest BCUT2D eigenvalue weighted by Crippen LogP contribution is -2.63. The van der Waals surface area contributed by atoms with E-state index in [0.29, 0.717) is 13.0 Å². The highest BCUT2D eigenvalue weighted by atomic mass is 32.2. The summed E-state index contributed by atoms with van der Waals surface area (Å²) in [5.41, 5.74) is -0.974. The molecular weight excluding hydrogens is 456 g/mol. The second-order valence-electron chi connectivity index (χ2n) is 10.2. The van der Waals surface area contributed by atoms with Gasteiger partial charge in [0.05, 0.1) is 26.8 Å². The lowest BCUT2D eigenvalue weighted by atomic mass is 9.57. The molecule has 6 nitrogen and oxygen atoms in total. The van der Waals surface area contributed by atoms with Gasteiger partial charge in [0.2, 0.25) is 0 Å². The van der Waals surface area contributed by atoms with E-state index >= 15 is 0 Å². The fraction of sp³-hybridized carbons (Fsp3) is 0.440. The summed E-state index contributed by atoms with van der Waals surface area (Å²) in [6.45, 7) is 0.499. The van der Waals surface area contributed by atoms with Gasteiger partial charge in [-0.1, -0.05) is 48.6 Å². The Labute approximate surface area is 193 Å². The van der Waals surface area contributed by atoms with Crippen LogP contribution in [0.15, 0.2) is 92.8 Å². The molecule has 33 heavy (non-hydrogen) atoms. The maximum absolute atomic E-state index is 14.1. The molecule has 2 aromatic rings. The first-order chi connectivity index (χ1) is 15.8. The smallest absolute Gasteiger partial charge is 0.182 e. The molecular formula is C25H24N2O4S2. The van der Waals surface area contributed by atoms with Gasteiger partial charge in [-0.3, -0.25) is 0 Å². The summed E-state index contributed by atoms with van der Waals surface area (Å²) in [7, 11) is -7.82. The lowest BCUT2D eigenvalue weighted by molar-refractivity contribution is 0.0740. The van der Waals surface area contributed by atoms with Crippen LogP contribution in [-0.4, -0.2) is 39.4 Å². The summed E-state index contributed by atoms with van der Waals surface area (Å²) in [4.78, 5) is 0.384. The largest absolute Gasteiger partial charge is 0.223 e. The topological polar surface area (TPSA) is 93.0 Å². The highest BCUT2D eigenvalue weighted by Gasteiger charge is 2.85. The molecule has 0 saturated heterocycles. The first-order valence-corrected chi connectivity index (χ1v) is 14.6. The van der Waals surface area contributed by atoms with E-state index in [1.54, 1.807) is 60.7 Å². The molecule has 4 aliphatic carbocycles. The lowest BCUT2D eigenvalue weighted by Gasteiger charge is -2.51. The average molecular weight is 481 g/mol. The molecule has 170 valence electrons. The molecule has 4 bridgehead atoms. The standard InChI is InChI=1S/C25H24N2O4S2/c28-32(29,18-7-3-1-4-8-18)22-20-14-21(23(22)33(30,31)19-9-5-2-6-10-19)25-17-12-11-16(13-17)24(20,25)15-26-27-25/h1-12,16-17,20-23H,13-15H2/t16-,17-,20+,21-,22+,23-,24+,25-/m0/s1. The SMILES string of the molecule is O=S(=O)(c1ccccc1)[C@@H]1[C@H](S(=O)(=O)c2ccccc2)[C@H]2C[C@@H]1[C@]13N=NC[C@@]21[C@H]1C=C[C@H]3C1. The van der Waals surface area contributed by atoms with Gasteiger partial charge in [-0.15, -0.1) is 0 Å². The number of benzene rings is 2. The van der Waals surface area contributed by atoms with E-state index in [2.05, 4.69) is 17.3 Å². The molecule has 2 aromatic carbocycles. The Bertz CT molecular complexity index is 1420. The van der Waals surface area contributed by atoms with Crippen molar-refractivity contribution < 1.29 is 16.8 Å². The Kier molecular flexibility index (Phi) is 3.78. The van der Waals surface area contributed by atoms with Crippen LogP contribution in [0.2, 0.25) is 0 Å². The maximum Gasteiger partial charge on any atom is 0.182 e. The number of hydrogen-bond acceptors (Lipinski definition) is 6. The summed E-state index contributed by atoms with van der Waals surface area (Å²) >= 11 is 0. The van der Waals surface area contributed by atoms with Crippen molar-refractivity contribution in [2.45, 2.75) is 38.7 Å². The van der Waals surface area contributed by atoms with Crippen molar-refractivity contribution in [2.75, 3.05) is 6.54 Å². The number of sulfone groups is 2. The fourth-order valence-electron chi connectivity index (χ4n) is 8.37. The first-order valence-electron chi connectivity index (χ1n) is 11.5. The summed E-state index contributed by atoms with van der Waals surface area (Å²) in [5, 5.41) is 7.26. The van der Waals surface area contributed by atoms with Crippen LogP contribution in [0, 0.1) is 29.1 Å². The molecule has 8 heteroatoms. The first kappa shape index (κ1) is 20.1. The third kappa shape index (κ3) is 2.12. The molecule has 0 N–H and O–H groups in total. The van der Waals surface area contributed by atoms with Gasteiger partial charge in [0.25, 0.3) is 0 Å². The monoisotopic (exact) mass is 480 g/mol. The summed E-state index contributed by atoms with van der Waals surface area (Å²) in [6, 6.07) is 16.7. The van der Waals surface area contributed by atoms with Gasteiger partial charge in [-0.05, 0) is 48.9 Å². The van der Waals surface area contributed by atoms with Crippen molar-refractivity contribution >= 4 is 19.7 Å². The Morgan fingerprint density at radius 3 is 1.85 bits per heavy atom. The second-order valence-corrected chi connectivity index (χ2v) is 14.4. The van der Waals surface area contributed by atoms with Gasteiger partial charge >= 0.3 is 0 Å². The zero-order valence-corrected chi connectivity index (χ0v) is 19.5. The van der Waals surface area contributed by atoms with E-state index in [4.69, 9.17) is 5.11 Å². The van der Waals surface area contributed by atoms with Crippen molar-refractivity contribution in [3.63, 3.8) is 0 Å². The highest BCUT2D eigenvalue weighted by Crippen LogP contribution is 2.79. The molecule has 0 radical (unpaired) electrons. The number of nitrogens with zero attached hydrogens (tertiary/aromatic N) is 2. The van der Waals surface area contributed by atoms with E-state index in [1.807, 2.05) is 0 Å². The van der Waals surface area contributed by atoms with Crippen LogP contribution < -0.4 is 0 Å². The maximum atomic E-state index is 14.1. The number of allylic oxidation sites excluding steroid dienone is 1. The van der Waals surface area contributed by atoms with E-state index in [1.165, 1.54) is 0 Å². The van der Waals surface area contributed by atoms with Crippen LogP contribution in [-0.2, 0) is 19.7 Å². The molecule has 0 unspecified atom stereocenters. The third-order valence-electron chi connectivity index (χ3n) is 9.34. The van der Waals surface area contributed by atoms with Gasteiger partial charge in [-0.2, -0.15) is 10.2 Å². The third-order valence-corrected chi connectivity index (χ3v) is 14.0. The minimum atomic E-state index is -3.92. The molecule has 8 atom stereocenters. The molecule has 5 aliphatic rings. The molecule has 7 rings (SSSR count). The van der Waals surface area contributed by atoms with Crippen LogP contribution in [0.1, 0.15) is 12.8 Å². The zero-order valence-electron chi connectivity index (χ0n) is 17.9. The predicted molar refractivity (Wildman–Crippen MR) is 122 cm³/mol. The van der Waals surface area contributed by atoms with Crippen molar-refractivity contribution in [2.24, 2.45) is 39.3 Å². The fourth-order valence-corrected chi connectivity index (χ4v) is 13.6. The molecule has 0 amide bonds. The number of rotatable bonds is 4. The van der Waals surface area contributed by atoms with Crippen molar-refractivity contribution in [3.8, 4) is 0 Å². The molecule has 3 fully saturated rings. The van der Waals surface area contributed by atoms with E-state index in [9.17, 15) is 16.8 Å². The van der Waals surface area contributed by atoms with Gasteiger partial charge in [-0.25, -0.2) is 16.8 Å². The van der Waals surface area contributed by atoms with E-state index in [-0.39, 0.29) is 38.9 Å². The average Bonchev–Trinajstić information content (AvgIpc) is 3.62. The zero-order chi connectivity index (χ0) is 22.6. The molecule has 1 aliphatic heterocycles. The number of fused-ring (bicyclic) bond motifs is 4. The molecule has 0 spiro atoms. The van der Waals surface area contributed by atoms with Gasteiger partial charge < -0.3 is 0 Å². The Morgan fingerprint density at radius 1 is 0.697 bits per heavy atom. The predicted octanol–water partition coefficient (Wildman–Crippen LogP) is 3.72.